The van der Waals surface area contributed by atoms with Crippen molar-refractivity contribution in [2.45, 2.75) is 27.0 Å². The van der Waals surface area contributed by atoms with Crippen LogP contribution in [0.1, 0.15) is 23.5 Å². The second-order valence-corrected chi connectivity index (χ2v) is 15.3. The Hall–Kier alpha value is -5.48. The van der Waals surface area contributed by atoms with Crippen LogP contribution in [0.5, 0.6) is 0 Å². The molecule has 1 unspecified atom stereocenters. The van der Waals surface area contributed by atoms with Gasteiger partial charge < -0.3 is 4.57 Å². The molecule has 2 heterocycles. The van der Waals surface area contributed by atoms with Crippen LogP contribution in [-0.4, -0.2) is 4.57 Å². The van der Waals surface area contributed by atoms with Crippen molar-refractivity contribution in [3.05, 3.63) is 198 Å². The minimum absolute atomic E-state index is 0.209. The molecule has 0 radical (unpaired) electrons. The van der Waals surface area contributed by atoms with Gasteiger partial charge in [-0.2, -0.15) is 0 Å². The number of rotatable bonds is 3. The Bertz CT molecular complexity index is 2660. The molecule has 0 N–H and O–H groups in total. The second kappa shape index (κ2) is 12.7. The average Bonchev–Trinajstić information content (AvgIpc) is 3.54. The highest BCUT2D eigenvalue weighted by Gasteiger charge is 2.31. The number of allylic oxidation sites excluding steroid dienone is 3. The van der Waals surface area contributed by atoms with Crippen LogP contribution in [0.2, 0.25) is 0 Å². The largest absolute Gasteiger partial charge is 0.309 e. The zero-order valence-electron chi connectivity index (χ0n) is 27.9. The normalized spacial score (nSPS) is 15.3. The summed E-state index contributed by atoms with van der Waals surface area (Å²) in [5, 5.41) is 2.53. The number of fused-ring (bicyclic) bond motifs is 8. The molecule has 2 aliphatic rings. The standard InChI is InChI=1S/C48H33NS2/c1-3-16-32(17-4-1)34-23-14-30-44-46(34)47-38(24-15-31-45(47)51-43-29-12-9-22-37(43)36-21-8-11-28-42(36)50-44)40-26-13-25-39-35-20-7-10-27-41(35)49(48(39)40)33-18-5-2-6-19-33/h1-22,24-31,34H,23H2. The third-order valence-electron chi connectivity index (χ3n) is 10.3. The first-order valence-electron chi connectivity index (χ1n) is 17.5. The number of aromatic nitrogens is 1. The molecular formula is C48H33NS2. The molecule has 1 aromatic heterocycles. The van der Waals surface area contributed by atoms with Gasteiger partial charge in [-0.1, -0.05) is 169 Å². The summed E-state index contributed by atoms with van der Waals surface area (Å²) in [6, 6.07) is 62.5. The molecule has 0 spiro atoms. The molecule has 1 aliphatic heterocycles. The summed E-state index contributed by atoms with van der Waals surface area (Å²) >= 11 is 3.81. The molecule has 0 fully saturated rings. The minimum atomic E-state index is 0.209. The van der Waals surface area contributed by atoms with E-state index in [1.165, 1.54) is 86.0 Å². The fourth-order valence-corrected chi connectivity index (χ4v) is 10.4. The molecule has 8 aromatic rings. The van der Waals surface area contributed by atoms with E-state index in [4.69, 9.17) is 0 Å². The van der Waals surface area contributed by atoms with Crippen molar-refractivity contribution in [3.8, 4) is 27.9 Å². The maximum Gasteiger partial charge on any atom is 0.0619 e. The molecular weight excluding hydrogens is 655 g/mol. The van der Waals surface area contributed by atoms with Crippen molar-refractivity contribution in [1.82, 2.24) is 4.57 Å². The molecule has 3 heteroatoms. The van der Waals surface area contributed by atoms with E-state index in [0.29, 0.717) is 0 Å². The smallest absolute Gasteiger partial charge is 0.0619 e. The maximum atomic E-state index is 2.47. The fraction of sp³-hybridized carbons (Fsp3) is 0.0417. The number of hydrogen-bond acceptors (Lipinski definition) is 2. The Morgan fingerprint density at radius 3 is 1.86 bits per heavy atom. The van der Waals surface area contributed by atoms with Gasteiger partial charge in [-0.05, 0) is 70.6 Å². The molecule has 10 rings (SSSR count). The number of nitrogens with zero attached hydrogens (tertiary/aromatic N) is 1. The molecule has 0 amide bonds. The van der Waals surface area contributed by atoms with E-state index >= 15 is 0 Å². The molecule has 1 atom stereocenters. The number of hydrogen-bond donors (Lipinski definition) is 0. The number of benzene rings is 7. The molecule has 51 heavy (non-hydrogen) atoms. The zero-order valence-corrected chi connectivity index (χ0v) is 29.5. The van der Waals surface area contributed by atoms with Crippen molar-refractivity contribution in [2.24, 2.45) is 0 Å². The summed E-state index contributed by atoms with van der Waals surface area (Å²) < 4.78 is 2.47. The van der Waals surface area contributed by atoms with Crippen molar-refractivity contribution in [1.29, 1.82) is 0 Å². The van der Waals surface area contributed by atoms with Crippen molar-refractivity contribution < 1.29 is 0 Å². The summed E-state index contributed by atoms with van der Waals surface area (Å²) in [5.74, 6) is 0.209. The second-order valence-electron chi connectivity index (χ2n) is 13.1. The summed E-state index contributed by atoms with van der Waals surface area (Å²) in [6.07, 6.45) is 5.72. The van der Waals surface area contributed by atoms with E-state index in [0.717, 1.165) is 6.42 Å². The van der Waals surface area contributed by atoms with E-state index in [1.54, 1.807) is 0 Å². The Morgan fingerprint density at radius 2 is 1.06 bits per heavy atom. The van der Waals surface area contributed by atoms with Crippen molar-refractivity contribution in [2.75, 3.05) is 0 Å². The van der Waals surface area contributed by atoms with E-state index in [9.17, 15) is 0 Å². The Balaban J connectivity index is 1.34. The van der Waals surface area contributed by atoms with Crippen LogP contribution in [0.3, 0.4) is 0 Å². The lowest BCUT2D eigenvalue weighted by atomic mass is 9.79. The summed E-state index contributed by atoms with van der Waals surface area (Å²) in [6.45, 7) is 0. The molecule has 0 saturated carbocycles. The third kappa shape index (κ3) is 5.11. The first-order valence-corrected chi connectivity index (χ1v) is 19.2. The summed E-state index contributed by atoms with van der Waals surface area (Å²) in [5.41, 5.74) is 12.8. The first-order chi connectivity index (χ1) is 25.3. The lowest BCUT2D eigenvalue weighted by molar-refractivity contribution is 0.869. The zero-order chi connectivity index (χ0) is 33.7. The molecule has 1 nitrogen and oxygen atoms in total. The van der Waals surface area contributed by atoms with Gasteiger partial charge in [0.2, 0.25) is 0 Å². The van der Waals surface area contributed by atoms with Gasteiger partial charge in [0.25, 0.3) is 0 Å². The molecule has 0 bridgehead atoms. The summed E-state index contributed by atoms with van der Waals surface area (Å²) in [7, 11) is 0. The fourth-order valence-electron chi connectivity index (χ4n) is 8.06. The quantitative estimate of drug-likeness (QED) is 0.182. The predicted octanol–water partition coefficient (Wildman–Crippen LogP) is 13.8. The first kappa shape index (κ1) is 30.4. The maximum absolute atomic E-state index is 2.47. The van der Waals surface area contributed by atoms with Crippen LogP contribution in [0.4, 0.5) is 0 Å². The van der Waals surface area contributed by atoms with Crippen LogP contribution >= 0.6 is 23.5 Å². The third-order valence-corrected chi connectivity index (χ3v) is 12.5. The molecule has 242 valence electrons. The van der Waals surface area contributed by atoms with Gasteiger partial charge in [0.1, 0.15) is 0 Å². The molecule has 0 saturated heterocycles. The van der Waals surface area contributed by atoms with Gasteiger partial charge >= 0.3 is 0 Å². The van der Waals surface area contributed by atoms with E-state index < -0.39 is 0 Å². The van der Waals surface area contributed by atoms with E-state index in [-0.39, 0.29) is 5.92 Å². The molecule has 7 aromatic carbocycles. The van der Waals surface area contributed by atoms with Gasteiger partial charge in [0.15, 0.2) is 0 Å². The van der Waals surface area contributed by atoms with Gasteiger partial charge in [0.05, 0.1) is 11.0 Å². The Kier molecular flexibility index (Phi) is 7.55. The molecule has 1 aliphatic carbocycles. The van der Waals surface area contributed by atoms with Crippen molar-refractivity contribution in [3.63, 3.8) is 0 Å². The lowest BCUT2D eigenvalue weighted by Crippen LogP contribution is -2.09. The van der Waals surface area contributed by atoms with E-state index in [1.807, 2.05) is 23.5 Å². The van der Waals surface area contributed by atoms with Crippen LogP contribution in [0.15, 0.2) is 202 Å². The van der Waals surface area contributed by atoms with Gasteiger partial charge in [-0.15, -0.1) is 0 Å². The van der Waals surface area contributed by atoms with Crippen LogP contribution in [0.25, 0.3) is 55.3 Å². The van der Waals surface area contributed by atoms with Crippen LogP contribution in [0, 0.1) is 0 Å². The van der Waals surface area contributed by atoms with Gasteiger partial charge in [0, 0.05) is 53.1 Å². The lowest BCUT2D eigenvalue weighted by Gasteiger charge is -2.30. The highest BCUT2D eigenvalue weighted by Crippen LogP contribution is 2.55. The monoisotopic (exact) mass is 687 g/mol. The average molecular weight is 688 g/mol. The number of para-hydroxylation sites is 3. The van der Waals surface area contributed by atoms with Crippen LogP contribution in [-0.2, 0) is 0 Å². The highest BCUT2D eigenvalue weighted by atomic mass is 32.2. The Morgan fingerprint density at radius 1 is 0.471 bits per heavy atom. The Labute approximate surface area is 307 Å². The topological polar surface area (TPSA) is 4.93 Å². The summed E-state index contributed by atoms with van der Waals surface area (Å²) in [4.78, 5) is 5.14. The van der Waals surface area contributed by atoms with Gasteiger partial charge in [-0.3, -0.25) is 0 Å². The highest BCUT2D eigenvalue weighted by molar-refractivity contribution is 8.03. The SMILES string of the molecule is C1=CC2=C(c3c(cccc3-c3cccc4c5ccccc5n(-c5ccccc5)c34)Sc3ccccc3-c3ccccc3S2)C(c2ccccc2)C1. The minimum Gasteiger partial charge on any atom is -0.309 e. The van der Waals surface area contributed by atoms with Crippen molar-refractivity contribution >= 4 is 50.9 Å². The predicted molar refractivity (Wildman–Crippen MR) is 218 cm³/mol. The van der Waals surface area contributed by atoms with Gasteiger partial charge in [-0.25, -0.2) is 0 Å². The van der Waals surface area contributed by atoms with Crippen LogP contribution < -0.4 is 0 Å². The number of thioether (sulfide) groups is 1. The van der Waals surface area contributed by atoms with E-state index in [2.05, 4.69) is 187 Å².